The third-order valence-electron chi connectivity index (χ3n) is 3.35. The minimum Gasteiger partial charge on any atom is -0.298 e. The maximum Gasteiger partial charge on any atom is 0.121 e. The van der Waals surface area contributed by atoms with Gasteiger partial charge in [-0.15, -0.1) is 0 Å². The van der Waals surface area contributed by atoms with Crippen LogP contribution in [0.5, 0.6) is 0 Å². The van der Waals surface area contributed by atoms with Gasteiger partial charge in [0.15, 0.2) is 0 Å². The second-order valence-corrected chi connectivity index (χ2v) is 4.65. The van der Waals surface area contributed by atoms with Gasteiger partial charge in [-0.2, -0.15) is 5.26 Å². The lowest BCUT2D eigenvalue weighted by Gasteiger charge is -2.15. The second kappa shape index (κ2) is 6.93. The van der Waals surface area contributed by atoms with E-state index in [9.17, 15) is 0 Å². The van der Waals surface area contributed by atoms with Crippen LogP contribution < -0.4 is 5.32 Å². The van der Waals surface area contributed by atoms with E-state index in [4.69, 9.17) is 5.26 Å². The van der Waals surface area contributed by atoms with Gasteiger partial charge in [0.05, 0.1) is 6.07 Å². The molecule has 3 nitrogen and oxygen atoms in total. The van der Waals surface area contributed by atoms with E-state index in [0.29, 0.717) is 0 Å². The lowest BCUT2D eigenvalue weighted by atomic mass is 9.97. The van der Waals surface area contributed by atoms with E-state index in [0.717, 1.165) is 18.5 Å². The number of nitrogens with one attached hydrogen (secondary N) is 1. The maximum atomic E-state index is 9.17. The number of pyridine rings is 1. The number of rotatable bonds is 5. The van der Waals surface area contributed by atoms with Gasteiger partial charge in [-0.25, -0.2) is 0 Å². The van der Waals surface area contributed by atoms with Crippen LogP contribution in [0, 0.1) is 11.3 Å². The van der Waals surface area contributed by atoms with Crippen molar-refractivity contribution in [2.75, 3.05) is 6.54 Å². The summed E-state index contributed by atoms with van der Waals surface area (Å²) < 4.78 is 0. The first-order chi connectivity index (χ1) is 8.90. The molecule has 0 amide bonds. The summed E-state index contributed by atoms with van der Waals surface area (Å²) in [6.45, 7) is 0.867. The highest BCUT2D eigenvalue weighted by atomic mass is 14.9. The van der Waals surface area contributed by atoms with Crippen molar-refractivity contribution < 1.29 is 0 Å². The molecule has 0 aliphatic heterocycles. The van der Waals surface area contributed by atoms with Gasteiger partial charge in [0.1, 0.15) is 6.04 Å². The van der Waals surface area contributed by atoms with E-state index in [1.807, 2.05) is 12.1 Å². The van der Waals surface area contributed by atoms with Crippen LogP contribution in [0.3, 0.4) is 0 Å². The first kappa shape index (κ1) is 12.8. The Labute approximate surface area is 109 Å². The summed E-state index contributed by atoms with van der Waals surface area (Å²) in [6, 6.07) is 5.85. The maximum absolute atomic E-state index is 9.17. The van der Waals surface area contributed by atoms with Gasteiger partial charge in [0, 0.05) is 18.9 Å². The zero-order valence-corrected chi connectivity index (χ0v) is 10.6. The quantitative estimate of drug-likeness (QED) is 0.806. The molecule has 1 atom stereocenters. The number of nitriles is 1. The van der Waals surface area contributed by atoms with Crippen molar-refractivity contribution in [1.82, 2.24) is 10.3 Å². The zero-order chi connectivity index (χ0) is 12.6. The number of nitrogens with zero attached hydrogens (tertiary/aromatic N) is 2. The minimum absolute atomic E-state index is 0.225. The number of aromatic nitrogens is 1. The summed E-state index contributed by atoms with van der Waals surface area (Å²) >= 11 is 0. The summed E-state index contributed by atoms with van der Waals surface area (Å²) in [7, 11) is 0. The Morgan fingerprint density at radius 1 is 1.33 bits per heavy atom. The van der Waals surface area contributed by atoms with Gasteiger partial charge >= 0.3 is 0 Å². The molecule has 1 aromatic heterocycles. The van der Waals surface area contributed by atoms with Crippen molar-refractivity contribution in [3.8, 4) is 6.07 Å². The van der Waals surface area contributed by atoms with E-state index in [1.54, 1.807) is 18.0 Å². The molecule has 0 bridgehead atoms. The molecule has 1 N–H and O–H groups in total. The highest BCUT2D eigenvalue weighted by molar-refractivity contribution is 5.21. The molecule has 1 heterocycles. The Hall–Kier alpha value is -1.66. The summed E-state index contributed by atoms with van der Waals surface area (Å²) in [5.41, 5.74) is 2.53. The van der Waals surface area contributed by atoms with Crippen molar-refractivity contribution in [1.29, 1.82) is 5.26 Å². The van der Waals surface area contributed by atoms with Crippen LogP contribution in [0.4, 0.5) is 0 Å². The van der Waals surface area contributed by atoms with E-state index in [-0.39, 0.29) is 6.04 Å². The third-order valence-corrected chi connectivity index (χ3v) is 3.35. The van der Waals surface area contributed by atoms with E-state index in [2.05, 4.69) is 22.4 Å². The summed E-state index contributed by atoms with van der Waals surface area (Å²) in [5.74, 6) is 0. The fourth-order valence-electron chi connectivity index (χ4n) is 2.30. The molecule has 0 aromatic carbocycles. The lowest BCUT2D eigenvalue weighted by molar-refractivity contribution is 0.601. The fraction of sp³-hybridized carbons (Fsp3) is 0.467. The van der Waals surface area contributed by atoms with E-state index in [1.165, 1.54) is 25.7 Å². The number of allylic oxidation sites excluding steroid dienone is 1. The number of hydrogen-bond acceptors (Lipinski definition) is 3. The Bertz CT molecular complexity index is 431. The van der Waals surface area contributed by atoms with Gasteiger partial charge in [-0.05, 0) is 49.8 Å². The van der Waals surface area contributed by atoms with Gasteiger partial charge in [-0.1, -0.05) is 11.6 Å². The molecule has 3 heteroatoms. The minimum atomic E-state index is -0.225. The standard InChI is InChI=1S/C15H19N3/c16-12-15(14-7-9-17-10-8-14)18-11-6-13-4-2-1-3-5-13/h4,7-10,15,18H,1-3,5-6,11H2. The Morgan fingerprint density at radius 2 is 2.17 bits per heavy atom. The highest BCUT2D eigenvalue weighted by Gasteiger charge is 2.09. The first-order valence-electron chi connectivity index (χ1n) is 6.61. The largest absolute Gasteiger partial charge is 0.298 e. The number of hydrogen-bond donors (Lipinski definition) is 1. The van der Waals surface area contributed by atoms with E-state index >= 15 is 0 Å². The van der Waals surface area contributed by atoms with Crippen LogP contribution in [0.25, 0.3) is 0 Å². The van der Waals surface area contributed by atoms with Gasteiger partial charge in [-0.3, -0.25) is 10.3 Å². The average molecular weight is 241 g/mol. The second-order valence-electron chi connectivity index (χ2n) is 4.65. The van der Waals surface area contributed by atoms with Crippen molar-refractivity contribution in [2.45, 2.75) is 38.1 Å². The smallest absolute Gasteiger partial charge is 0.121 e. The molecule has 0 saturated heterocycles. The van der Waals surface area contributed by atoms with Crippen LogP contribution in [-0.4, -0.2) is 11.5 Å². The lowest BCUT2D eigenvalue weighted by Crippen LogP contribution is -2.21. The predicted octanol–water partition coefficient (Wildman–Crippen LogP) is 3.13. The summed E-state index contributed by atoms with van der Waals surface area (Å²) in [5, 5.41) is 12.5. The zero-order valence-electron chi connectivity index (χ0n) is 10.6. The molecule has 18 heavy (non-hydrogen) atoms. The molecule has 2 rings (SSSR count). The molecular formula is C15H19N3. The van der Waals surface area contributed by atoms with Gasteiger partial charge < -0.3 is 0 Å². The molecule has 0 saturated carbocycles. The molecule has 0 radical (unpaired) electrons. The predicted molar refractivity (Wildman–Crippen MR) is 71.8 cm³/mol. The molecule has 1 aliphatic carbocycles. The monoisotopic (exact) mass is 241 g/mol. The van der Waals surface area contributed by atoms with Crippen molar-refractivity contribution in [3.05, 3.63) is 41.7 Å². The first-order valence-corrected chi connectivity index (χ1v) is 6.61. The average Bonchev–Trinajstić information content (AvgIpc) is 2.46. The third kappa shape index (κ3) is 3.68. The summed E-state index contributed by atoms with van der Waals surface area (Å²) in [4.78, 5) is 3.97. The highest BCUT2D eigenvalue weighted by Crippen LogP contribution is 2.20. The van der Waals surface area contributed by atoms with E-state index < -0.39 is 0 Å². The Balaban J connectivity index is 1.81. The Kier molecular flexibility index (Phi) is 4.92. The normalized spacial score (nSPS) is 16.7. The fourth-order valence-corrected chi connectivity index (χ4v) is 2.30. The SMILES string of the molecule is N#CC(NCCC1=CCCCC1)c1ccncc1. The molecular weight excluding hydrogens is 222 g/mol. The van der Waals surface area contributed by atoms with Crippen molar-refractivity contribution in [3.63, 3.8) is 0 Å². The van der Waals surface area contributed by atoms with Crippen LogP contribution in [0.1, 0.15) is 43.7 Å². The molecule has 1 aliphatic rings. The summed E-state index contributed by atoms with van der Waals surface area (Å²) in [6.07, 6.45) is 12.0. The van der Waals surface area contributed by atoms with Gasteiger partial charge in [0.25, 0.3) is 0 Å². The molecule has 1 aromatic rings. The molecule has 0 spiro atoms. The van der Waals surface area contributed by atoms with Crippen LogP contribution in [0.2, 0.25) is 0 Å². The molecule has 0 fully saturated rings. The van der Waals surface area contributed by atoms with Crippen molar-refractivity contribution in [2.24, 2.45) is 0 Å². The molecule has 1 unspecified atom stereocenters. The molecule has 94 valence electrons. The van der Waals surface area contributed by atoms with Gasteiger partial charge in [0.2, 0.25) is 0 Å². The Morgan fingerprint density at radius 3 is 2.83 bits per heavy atom. The van der Waals surface area contributed by atoms with Crippen LogP contribution >= 0.6 is 0 Å². The topological polar surface area (TPSA) is 48.7 Å². The van der Waals surface area contributed by atoms with Crippen LogP contribution in [-0.2, 0) is 0 Å². The van der Waals surface area contributed by atoms with Crippen LogP contribution in [0.15, 0.2) is 36.2 Å². The van der Waals surface area contributed by atoms with Crippen molar-refractivity contribution >= 4 is 0 Å².